The van der Waals surface area contributed by atoms with Gasteiger partial charge in [-0.1, -0.05) is 29.0 Å². The summed E-state index contributed by atoms with van der Waals surface area (Å²) in [5.74, 6) is 0.912. The van der Waals surface area contributed by atoms with Crippen molar-refractivity contribution < 1.29 is 25.8 Å². The van der Waals surface area contributed by atoms with E-state index in [0.717, 1.165) is 10.7 Å². The van der Waals surface area contributed by atoms with Gasteiger partial charge in [-0.05, 0) is 24.9 Å². The fourth-order valence-electron chi connectivity index (χ4n) is 1.62. The van der Waals surface area contributed by atoms with Crippen LogP contribution < -0.4 is 0 Å². The van der Waals surface area contributed by atoms with Crippen molar-refractivity contribution >= 4 is 24.0 Å². The summed E-state index contributed by atoms with van der Waals surface area (Å²) in [4.78, 5) is 0.786. The summed E-state index contributed by atoms with van der Waals surface area (Å²) in [7, 11) is 8.93. The van der Waals surface area contributed by atoms with Gasteiger partial charge in [0.2, 0.25) is 0 Å². The Kier molecular flexibility index (Phi) is 33.2. The molecule has 0 saturated heterocycles. The van der Waals surface area contributed by atoms with E-state index in [2.05, 4.69) is 38.3 Å². The van der Waals surface area contributed by atoms with Crippen molar-refractivity contribution in [3.8, 4) is 0 Å². The molecule has 0 aromatic rings. The van der Waals surface area contributed by atoms with E-state index >= 15 is 0 Å². The Bertz CT molecular complexity index is 154. The average Bonchev–Trinajstić information content (AvgIpc) is 2.66. The van der Waals surface area contributed by atoms with Crippen LogP contribution in [0.25, 0.3) is 15.7 Å². The smallest absolute Gasteiger partial charge is 0.668 e. The van der Waals surface area contributed by atoms with Crippen molar-refractivity contribution in [1.29, 1.82) is 0 Å². The van der Waals surface area contributed by atoms with E-state index in [-0.39, 0.29) is 41.3 Å². The quantitative estimate of drug-likeness (QED) is 0.212. The van der Waals surface area contributed by atoms with E-state index in [1.165, 1.54) is 25.4 Å². The summed E-state index contributed by atoms with van der Waals surface area (Å²) in [5.41, 5.74) is 0. The minimum atomic E-state index is -0.0210. The standard InChI is InChI=1S/C8H16BrNP.2C2H6N.CH3.Hf/c1-10-11(2)6-7-4-3-5-8(7)9;2*1-3-2;;/h7-8H,3-6H2,1-2H3;2*1-2H3;1H3;/q4*-1;+4/t7-,8?,11?;;;;/m0..../s1. The first-order valence-corrected chi connectivity index (χ1v) is 8.82. The van der Waals surface area contributed by atoms with Crippen molar-refractivity contribution in [2.45, 2.75) is 24.1 Å². The van der Waals surface area contributed by atoms with E-state index in [4.69, 9.17) is 0 Å². The Morgan fingerprint density at radius 1 is 1.05 bits per heavy atom. The Morgan fingerprint density at radius 3 is 1.74 bits per heavy atom. The first-order valence-electron chi connectivity index (χ1n) is 5.98. The van der Waals surface area contributed by atoms with Crippen LogP contribution in [-0.4, -0.2) is 52.9 Å². The third-order valence-electron chi connectivity index (χ3n) is 2.41. The molecule has 0 aromatic carbocycles. The second-order valence-corrected chi connectivity index (χ2v) is 7.40. The van der Waals surface area contributed by atoms with Gasteiger partial charge < -0.3 is 23.1 Å². The molecule has 3 nitrogen and oxygen atoms in total. The van der Waals surface area contributed by atoms with Gasteiger partial charge in [-0.3, -0.25) is 0 Å². The molecule has 114 valence electrons. The molecule has 0 spiro atoms. The third kappa shape index (κ3) is 19.7. The molecule has 0 radical (unpaired) electrons. The van der Waals surface area contributed by atoms with Crippen LogP contribution in [-0.2, 0) is 25.8 Å². The first-order chi connectivity index (χ1) is 8.06. The SMILES string of the molecule is C[N-]C.C[N-]C.C[N-]P(C)C[C@@H]1CCCC1Br.[CH3-].[Hf+4]. The summed E-state index contributed by atoms with van der Waals surface area (Å²) >= 11 is 3.73. The Hall–Kier alpha value is 1.66. The molecular formula is C13H31BrHfN3P. The largest absolute Gasteiger partial charge is 4.00 e. The van der Waals surface area contributed by atoms with E-state index in [1.807, 2.05) is 7.05 Å². The molecular weight excluding hydrogens is 488 g/mol. The van der Waals surface area contributed by atoms with Gasteiger partial charge in [0.15, 0.2) is 0 Å². The molecule has 1 saturated carbocycles. The summed E-state index contributed by atoms with van der Waals surface area (Å²) in [6.45, 7) is 2.27. The van der Waals surface area contributed by atoms with Crippen LogP contribution >= 0.6 is 24.0 Å². The van der Waals surface area contributed by atoms with Crippen molar-refractivity contribution in [3.63, 3.8) is 0 Å². The van der Waals surface area contributed by atoms with Gasteiger partial charge in [0, 0.05) is 4.83 Å². The van der Waals surface area contributed by atoms with Gasteiger partial charge in [0.25, 0.3) is 0 Å². The number of hydrogen-bond acceptors (Lipinski definition) is 0. The van der Waals surface area contributed by atoms with Crippen LogP contribution in [0.3, 0.4) is 0 Å². The molecule has 19 heavy (non-hydrogen) atoms. The minimum Gasteiger partial charge on any atom is -0.668 e. The van der Waals surface area contributed by atoms with E-state index in [9.17, 15) is 0 Å². The molecule has 1 aliphatic carbocycles. The molecule has 0 bridgehead atoms. The van der Waals surface area contributed by atoms with Crippen molar-refractivity contribution in [2.75, 3.05) is 48.1 Å². The maximum atomic E-state index is 4.33. The van der Waals surface area contributed by atoms with Gasteiger partial charge in [0.05, 0.1) is 0 Å². The van der Waals surface area contributed by atoms with Crippen LogP contribution in [0.5, 0.6) is 0 Å². The van der Waals surface area contributed by atoms with E-state index < -0.39 is 0 Å². The second kappa shape index (κ2) is 21.9. The Morgan fingerprint density at radius 2 is 1.47 bits per heavy atom. The number of nitrogens with zero attached hydrogens (tertiary/aromatic N) is 3. The van der Waals surface area contributed by atoms with Crippen LogP contribution in [0.1, 0.15) is 19.3 Å². The van der Waals surface area contributed by atoms with Gasteiger partial charge in [-0.15, -0.1) is 0 Å². The summed E-state index contributed by atoms with van der Waals surface area (Å²) in [6.07, 6.45) is 5.53. The molecule has 3 atom stereocenters. The monoisotopic (exact) mass is 519 g/mol. The molecule has 1 rings (SSSR count). The Balaban J connectivity index is -0.000000122. The number of hydrogen-bond donors (Lipinski definition) is 0. The zero-order valence-corrected chi connectivity index (χ0v) is 19.7. The number of rotatable bonds is 3. The molecule has 0 aromatic heterocycles. The summed E-state index contributed by atoms with van der Waals surface area (Å²) in [5, 5.41) is 11.3. The fourth-order valence-corrected chi connectivity index (χ4v) is 3.96. The average molecular weight is 519 g/mol. The maximum Gasteiger partial charge on any atom is 4.00 e. The first kappa shape index (κ1) is 28.8. The van der Waals surface area contributed by atoms with Gasteiger partial charge in [-0.2, -0.15) is 35.2 Å². The fraction of sp³-hybridized carbons (Fsp3) is 0.923. The predicted octanol–water partition coefficient (Wildman–Crippen LogP) is 5.27. The molecule has 0 N–H and O–H groups in total. The predicted molar refractivity (Wildman–Crippen MR) is 93.9 cm³/mol. The van der Waals surface area contributed by atoms with Gasteiger partial charge >= 0.3 is 25.8 Å². The minimum absolute atomic E-state index is 0. The van der Waals surface area contributed by atoms with Crippen LogP contribution in [0, 0.1) is 13.3 Å². The second-order valence-electron chi connectivity index (χ2n) is 4.14. The van der Waals surface area contributed by atoms with Crippen molar-refractivity contribution in [2.24, 2.45) is 5.92 Å². The Labute approximate surface area is 150 Å². The van der Waals surface area contributed by atoms with Crippen LogP contribution in [0.15, 0.2) is 0 Å². The third-order valence-corrected chi connectivity index (χ3v) is 5.29. The van der Waals surface area contributed by atoms with Crippen molar-refractivity contribution in [1.82, 2.24) is 0 Å². The van der Waals surface area contributed by atoms with Crippen LogP contribution in [0.2, 0.25) is 0 Å². The van der Waals surface area contributed by atoms with Crippen molar-refractivity contribution in [3.05, 3.63) is 23.1 Å². The zero-order valence-electron chi connectivity index (χ0n) is 13.6. The molecule has 0 heterocycles. The van der Waals surface area contributed by atoms with E-state index in [1.54, 1.807) is 28.2 Å². The number of halogens is 1. The zero-order chi connectivity index (χ0) is 13.7. The molecule has 1 fully saturated rings. The number of alkyl halides is 1. The molecule has 0 aliphatic heterocycles. The summed E-state index contributed by atoms with van der Waals surface area (Å²) < 4.78 is 0. The molecule has 1 aliphatic rings. The van der Waals surface area contributed by atoms with Gasteiger partial charge in [-0.25, -0.2) is 8.07 Å². The molecule has 2 unspecified atom stereocenters. The molecule has 6 heteroatoms. The van der Waals surface area contributed by atoms with Crippen LogP contribution in [0.4, 0.5) is 0 Å². The van der Waals surface area contributed by atoms with E-state index in [0.29, 0.717) is 0 Å². The maximum absolute atomic E-state index is 4.33. The topological polar surface area (TPSA) is 42.3 Å². The van der Waals surface area contributed by atoms with Gasteiger partial charge in [0.1, 0.15) is 0 Å². The normalized spacial score (nSPS) is 21.6. The molecule has 0 amide bonds. The summed E-state index contributed by atoms with van der Waals surface area (Å²) in [6, 6.07) is 0.